The van der Waals surface area contributed by atoms with E-state index in [1.165, 1.54) is 13.4 Å². The van der Waals surface area contributed by atoms with Crippen molar-refractivity contribution in [2.24, 2.45) is 0 Å². The number of anilines is 1. The lowest BCUT2D eigenvalue weighted by molar-refractivity contribution is 0.189. The van der Waals surface area contributed by atoms with Gasteiger partial charge in [-0.2, -0.15) is 10.1 Å². The number of nitrogens with zero attached hydrogens (tertiary/aromatic N) is 4. The van der Waals surface area contributed by atoms with Crippen molar-refractivity contribution in [1.82, 2.24) is 25.1 Å². The molecule has 1 atom stereocenters. The molecular formula is C17H24N6O2. The molecule has 1 fully saturated rings. The molecular weight excluding hydrogens is 320 g/mol. The molecule has 1 aliphatic rings. The van der Waals surface area contributed by atoms with Crippen LogP contribution in [0.3, 0.4) is 0 Å². The molecule has 0 spiro atoms. The van der Waals surface area contributed by atoms with E-state index >= 15 is 0 Å². The maximum Gasteiger partial charge on any atom is 0.322 e. The van der Waals surface area contributed by atoms with E-state index in [1.54, 1.807) is 6.20 Å². The first-order valence-electron chi connectivity index (χ1n) is 8.55. The molecule has 0 radical (unpaired) electrons. The summed E-state index contributed by atoms with van der Waals surface area (Å²) in [4.78, 5) is 22.9. The lowest BCUT2D eigenvalue weighted by Crippen LogP contribution is -2.38. The number of rotatable bonds is 3. The van der Waals surface area contributed by atoms with E-state index in [0.29, 0.717) is 18.1 Å². The molecule has 0 saturated carbocycles. The third-order valence-corrected chi connectivity index (χ3v) is 4.64. The SMILES string of the molecule is COc1ncncc1NC(=O)N1CCCCC[C@@H]1c1c(C)n[nH]c1C. The van der Waals surface area contributed by atoms with Gasteiger partial charge in [-0.05, 0) is 26.7 Å². The minimum Gasteiger partial charge on any atom is -0.479 e. The van der Waals surface area contributed by atoms with Crippen molar-refractivity contribution in [3.05, 3.63) is 29.5 Å². The van der Waals surface area contributed by atoms with Crippen molar-refractivity contribution >= 4 is 11.7 Å². The van der Waals surface area contributed by atoms with Gasteiger partial charge in [0.15, 0.2) is 0 Å². The predicted molar refractivity (Wildman–Crippen MR) is 93.6 cm³/mol. The number of aryl methyl sites for hydroxylation is 2. The lowest BCUT2D eigenvalue weighted by Gasteiger charge is -2.30. The number of aromatic nitrogens is 4. The van der Waals surface area contributed by atoms with Crippen LogP contribution < -0.4 is 10.1 Å². The average Bonchev–Trinajstić information content (AvgIpc) is 2.81. The fraction of sp³-hybridized carbons (Fsp3) is 0.529. The second kappa shape index (κ2) is 7.50. The molecule has 8 heteroatoms. The highest BCUT2D eigenvalue weighted by molar-refractivity contribution is 5.90. The van der Waals surface area contributed by atoms with E-state index in [-0.39, 0.29) is 12.1 Å². The standard InChI is InChI=1S/C17H24N6O2/c1-11-15(12(2)22-21-11)14-7-5-4-6-8-23(14)17(24)20-13-9-18-10-19-16(13)25-3/h9-10,14H,4-8H2,1-3H3,(H,20,24)(H,21,22)/t14-/m1/s1. The summed E-state index contributed by atoms with van der Waals surface area (Å²) in [6.07, 6.45) is 7.07. The zero-order valence-corrected chi connectivity index (χ0v) is 14.9. The molecule has 2 amide bonds. The maximum atomic E-state index is 13.0. The molecule has 8 nitrogen and oxygen atoms in total. The van der Waals surface area contributed by atoms with Gasteiger partial charge >= 0.3 is 6.03 Å². The Morgan fingerprint density at radius 3 is 2.92 bits per heavy atom. The smallest absolute Gasteiger partial charge is 0.322 e. The van der Waals surface area contributed by atoms with E-state index < -0.39 is 0 Å². The van der Waals surface area contributed by atoms with Gasteiger partial charge in [0.05, 0.1) is 25.0 Å². The quantitative estimate of drug-likeness (QED) is 0.892. The number of nitrogens with one attached hydrogen (secondary N) is 2. The third kappa shape index (κ3) is 3.57. The second-order valence-corrected chi connectivity index (χ2v) is 6.28. The van der Waals surface area contributed by atoms with Crippen LogP contribution in [0, 0.1) is 13.8 Å². The number of ether oxygens (including phenoxy) is 1. The number of urea groups is 1. The Balaban J connectivity index is 1.87. The monoisotopic (exact) mass is 344 g/mol. The van der Waals surface area contributed by atoms with Gasteiger partial charge in [-0.25, -0.2) is 9.78 Å². The van der Waals surface area contributed by atoms with Crippen LogP contribution in [0.4, 0.5) is 10.5 Å². The highest BCUT2D eigenvalue weighted by Crippen LogP contribution is 2.34. The van der Waals surface area contributed by atoms with Crippen LogP contribution in [0.25, 0.3) is 0 Å². The molecule has 2 N–H and O–H groups in total. The zero-order chi connectivity index (χ0) is 17.8. The topological polar surface area (TPSA) is 96.0 Å². The van der Waals surface area contributed by atoms with Crippen LogP contribution >= 0.6 is 0 Å². The molecule has 25 heavy (non-hydrogen) atoms. The summed E-state index contributed by atoms with van der Waals surface area (Å²) in [5, 5.41) is 10.2. The molecule has 1 aliphatic heterocycles. The minimum absolute atomic E-state index is 0.0110. The van der Waals surface area contributed by atoms with E-state index in [9.17, 15) is 4.79 Å². The largest absolute Gasteiger partial charge is 0.479 e. The Morgan fingerprint density at radius 1 is 1.36 bits per heavy atom. The minimum atomic E-state index is -0.167. The van der Waals surface area contributed by atoms with Crippen LogP contribution in [0.2, 0.25) is 0 Å². The Bertz CT molecular complexity index is 725. The van der Waals surface area contributed by atoms with Crippen LogP contribution in [-0.2, 0) is 0 Å². The number of carbonyl (C=O) groups excluding carboxylic acids is 1. The molecule has 2 aromatic heterocycles. The van der Waals surface area contributed by atoms with E-state index in [0.717, 1.165) is 42.6 Å². The van der Waals surface area contributed by atoms with Gasteiger partial charge in [0.25, 0.3) is 0 Å². The van der Waals surface area contributed by atoms with Crippen LogP contribution in [-0.4, -0.2) is 44.8 Å². The number of H-pyrrole nitrogens is 1. The van der Waals surface area contributed by atoms with E-state index in [4.69, 9.17) is 4.74 Å². The second-order valence-electron chi connectivity index (χ2n) is 6.28. The first-order chi connectivity index (χ1) is 12.1. The van der Waals surface area contributed by atoms with Crippen LogP contribution in [0.15, 0.2) is 12.5 Å². The van der Waals surface area contributed by atoms with E-state index in [2.05, 4.69) is 25.5 Å². The van der Waals surface area contributed by atoms with Gasteiger partial charge in [-0.1, -0.05) is 12.8 Å². The van der Waals surface area contributed by atoms with Crippen molar-refractivity contribution in [2.75, 3.05) is 19.0 Å². The fourth-order valence-electron chi connectivity index (χ4n) is 3.46. The summed E-state index contributed by atoms with van der Waals surface area (Å²) in [6.45, 7) is 4.69. The normalized spacial score (nSPS) is 17.9. The summed E-state index contributed by atoms with van der Waals surface area (Å²) in [6, 6.07) is -0.156. The molecule has 2 aromatic rings. The summed E-state index contributed by atoms with van der Waals surface area (Å²) < 4.78 is 5.20. The first kappa shape index (κ1) is 17.2. The Morgan fingerprint density at radius 2 is 2.20 bits per heavy atom. The molecule has 0 bridgehead atoms. The van der Waals surface area contributed by atoms with Gasteiger partial charge in [-0.15, -0.1) is 0 Å². The van der Waals surface area contributed by atoms with Crippen molar-refractivity contribution in [3.8, 4) is 5.88 Å². The molecule has 3 rings (SSSR count). The number of aromatic amines is 1. The third-order valence-electron chi connectivity index (χ3n) is 4.64. The van der Waals surface area contributed by atoms with Gasteiger partial charge in [0.2, 0.25) is 5.88 Å². The number of hydrogen-bond acceptors (Lipinski definition) is 5. The van der Waals surface area contributed by atoms with Gasteiger partial charge in [0.1, 0.15) is 12.0 Å². The van der Waals surface area contributed by atoms with Gasteiger partial charge in [0, 0.05) is 17.8 Å². The van der Waals surface area contributed by atoms with Crippen molar-refractivity contribution in [2.45, 2.75) is 45.6 Å². The predicted octanol–water partition coefficient (Wildman–Crippen LogP) is 2.97. The summed E-state index contributed by atoms with van der Waals surface area (Å²) in [7, 11) is 1.52. The molecule has 134 valence electrons. The summed E-state index contributed by atoms with van der Waals surface area (Å²) in [5.41, 5.74) is 3.55. The molecule has 0 aliphatic carbocycles. The van der Waals surface area contributed by atoms with Gasteiger partial charge in [-0.3, -0.25) is 5.10 Å². The number of likely N-dealkylation sites (tertiary alicyclic amines) is 1. The molecule has 0 aromatic carbocycles. The Hall–Kier alpha value is -2.64. The average molecular weight is 344 g/mol. The zero-order valence-electron chi connectivity index (χ0n) is 14.9. The number of methoxy groups -OCH3 is 1. The molecule has 3 heterocycles. The highest BCUT2D eigenvalue weighted by atomic mass is 16.5. The highest BCUT2D eigenvalue weighted by Gasteiger charge is 2.30. The number of amides is 2. The maximum absolute atomic E-state index is 13.0. The Labute approximate surface area is 147 Å². The molecule has 1 saturated heterocycles. The Kier molecular flexibility index (Phi) is 5.16. The van der Waals surface area contributed by atoms with Crippen molar-refractivity contribution in [1.29, 1.82) is 0 Å². The first-order valence-corrected chi connectivity index (χ1v) is 8.55. The van der Waals surface area contributed by atoms with Crippen molar-refractivity contribution < 1.29 is 9.53 Å². The van der Waals surface area contributed by atoms with Gasteiger partial charge < -0.3 is 15.0 Å². The molecule has 0 unspecified atom stereocenters. The van der Waals surface area contributed by atoms with Crippen LogP contribution in [0.5, 0.6) is 5.88 Å². The van der Waals surface area contributed by atoms with Crippen molar-refractivity contribution in [3.63, 3.8) is 0 Å². The van der Waals surface area contributed by atoms with E-state index in [1.807, 2.05) is 18.7 Å². The fourth-order valence-corrected chi connectivity index (χ4v) is 3.46. The lowest BCUT2D eigenvalue weighted by atomic mass is 9.99. The number of carbonyl (C=O) groups is 1. The summed E-state index contributed by atoms with van der Waals surface area (Å²) in [5.74, 6) is 0.352. The van der Waals surface area contributed by atoms with Crippen LogP contribution in [0.1, 0.15) is 48.7 Å². The number of hydrogen-bond donors (Lipinski definition) is 2. The summed E-state index contributed by atoms with van der Waals surface area (Å²) >= 11 is 0.